The number of aliphatic hydroxyl groups is 1. The number of hydrogen-bond donors (Lipinski definition) is 1. The standard InChI is InChI=1S/C29H56O4Si/c1-10-32-26(30)17-11-14-22(15-12-20-28(5,6)31)23-18-19-24-25(16-13-21-29(23,24)7)33-34(8,9)27(2,3)4/h22-25,31H,10-21H2,1-9H3/t22?,23-,24+,25+,29-/m1/s1/i5D3,6D3. The van der Waals surface area contributed by atoms with Gasteiger partial charge >= 0.3 is 5.97 Å². The molecule has 0 spiro atoms. The van der Waals surface area contributed by atoms with Crippen molar-refractivity contribution in [2.75, 3.05) is 6.61 Å². The minimum Gasteiger partial charge on any atom is -0.466 e. The smallest absolute Gasteiger partial charge is 0.305 e. The number of fused-ring (bicyclic) bond motifs is 1. The number of hydrogen-bond acceptors (Lipinski definition) is 4. The third-order valence-electron chi connectivity index (χ3n) is 9.33. The van der Waals surface area contributed by atoms with Crippen LogP contribution in [0.4, 0.5) is 0 Å². The van der Waals surface area contributed by atoms with Crippen molar-refractivity contribution in [2.45, 2.75) is 149 Å². The maximum absolute atomic E-state index is 12.1. The van der Waals surface area contributed by atoms with E-state index in [1.807, 2.05) is 0 Å². The highest BCUT2D eigenvalue weighted by molar-refractivity contribution is 6.74. The average molecular weight is 503 g/mol. The van der Waals surface area contributed by atoms with Gasteiger partial charge in [-0.3, -0.25) is 4.79 Å². The summed E-state index contributed by atoms with van der Waals surface area (Å²) >= 11 is 0. The molecule has 2 rings (SSSR count). The fraction of sp³-hybridized carbons (Fsp3) is 0.966. The van der Waals surface area contributed by atoms with Crippen molar-refractivity contribution in [2.24, 2.45) is 23.2 Å². The highest BCUT2D eigenvalue weighted by atomic mass is 28.4. The Morgan fingerprint density at radius 2 is 1.85 bits per heavy atom. The van der Waals surface area contributed by atoms with Crippen molar-refractivity contribution >= 4 is 14.3 Å². The van der Waals surface area contributed by atoms with Crippen LogP contribution in [0.1, 0.15) is 127 Å². The molecule has 2 fully saturated rings. The quantitative estimate of drug-likeness (QED) is 0.218. The molecule has 0 heterocycles. The Balaban J connectivity index is 2.25. The van der Waals surface area contributed by atoms with Gasteiger partial charge in [-0.2, -0.15) is 0 Å². The van der Waals surface area contributed by atoms with Gasteiger partial charge in [0.15, 0.2) is 8.32 Å². The summed E-state index contributed by atoms with van der Waals surface area (Å²) in [6.45, 7) is 10.0. The number of esters is 1. The van der Waals surface area contributed by atoms with Crippen LogP contribution in [-0.4, -0.2) is 37.7 Å². The highest BCUT2D eigenvalue weighted by Crippen LogP contribution is 2.60. The van der Waals surface area contributed by atoms with Crippen LogP contribution in [0.25, 0.3) is 0 Å². The largest absolute Gasteiger partial charge is 0.466 e. The summed E-state index contributed by atoms with van der Waals surface area (Å²) in [6, 6.07) is 0. The summed E-state index contributed by atoms with van der Waals surface area (Å²) < 4.78 is 58.6. The van der Waals surface area contributed by atoms with E-state index in [0.717, 1.165) is 38.5 Å². The van der Waals surface area contributed by atoms with Crippen LogP contribution in [0.2, 0.25) is 18.1 Å². The molecule has 1 N–H and O–H groups in total. The first kappa shape index (κ1) is 21.7. The third-order valence-corrected chi connectivity index (χ3v) is 13.8. The van der Waals surface area contributed by atoms with E-state index in [1.54, 1.807) is 6.92 Å². The first-order valence-electron chi connectivity index (χ1n) is 16.7. The van der Waals surface area contributed by atoms with E-state index in [9.17, 15) is 9.90 Å². The maximum atomic E-state index is 12.1. The van der Waals surface area contributed by atoms with Crippen LogP contribution in [-0.2, 0) is 14.0 Å². The van der Waals surface area contributed by atoms with E-state index in [2.05, 4.69) is 40.8 Å². The van der Waals surface area contributed by atoms with Crippen LogP contribution >= 0.6 is 0 Å². The number of ether oxygens (including phenoxy) is 1. The minimum absolute atomic E-state index is 0.0736. The van der Waals surface area contributed by atoms with Crippen LogP contribution in [0.3, 0.4) is 0 Å². The van der Waals surface area contributed by atoms with E-state index < -0.39 is 27.6 Å². The van der Waals surface area contributed by atoms with E-state index >= 15 is 0 Å². The lowest BCUT2D eigenvalue weighted by molar-refractivity contribution is -0.143. The Morgan fingerprint density at radius 1 is 1.18 bits per heavy atom. The van der Waals surface area contributed by atoms with Crippen molar-refractivity contribution in [3.63, 3.8) is 0 Å². The Bertz CT molecular complexity index is 824. The van der Waals surface area contributed by atoms with Gasteiger partial charge < -0.3 is 14.3 Å². The van der Waals surface area contributed by atoms with Gasteiger partial charge in [-0.1, -0.05) is 47.0 Å². The molecule has 0 aromatic rings. The molecule has 0 bridgehead atoms. The summed E-state index contributed by atoms with van der Waals surface area (Å²) in [5.74, 6) is 0.818. The monoisotopic (exact) mass is 502 g/mol. The molecule has 1 unspecified atom stereocenters. The lowest BCUT2D eigenvalue weighted by atomic mass is 9.60. The molecule has 2 saturated carbocycles. The Morgan fingerprint density at radius 3 is 2.47 bits per heavy atom. The van der Waals surface area contributed by atoms with E-state index in [-0.39, 0.29) is 34.9 Å². The Hall–Kier alpha value is -0.393. The summed E-state index contributed by atoms with van der Waals surface area (Å²) in [5, 5.41) is 11.0. The summed E-state index contributed by atoms with van der Waals surface area (Å²) in [5.41, 5.74) is -2.66. The van der Waals surface area contributed by atoms with Crippen molar-refractivity contribution in [3.8, 4) is 0 Å². The van der Waals surface area contributed by atoms with Crippen LogP contribution in [0.15, 0.2) is 0 Å². The normalized spacial score (nSPS) is 32.4. The maximum Gasteiger partial charge on any atom is 0.305 e. The molecule has 2 aliphatic rings. The van der Waals surface area contributed by atoms with Crippen molar-refractivity contribution in [1.82, 2.24) is 0 Å². The van der Waals surface area contributed by atoms with Crippen LogP contribution in [0, 0.1) is 23.2 Å². The molecule has 34 heavy (non-hydrogen) atoms. The summed E-state index contributed by atoms with van der Waals surface area (Å²) in [6.07, 6.45) is 8.09. The van der Waals surface area contributed by atoms with Gasteiger partial charge in [-0.15, -0.1) is 0 Å². The van der Waals surface area contributed by atoms with E-state index in [1.165, 1.54) is 0 Å². The van der Waals surface area contributed by atoms with Gasteiger partial charge in [0.1, 0.15) is 0 Å². The molecule has 4 nitrogen and oxygen atoms in total. The lowest BCUT2D eigenvalue weighted by Gasteiger charge is -2.50. The molecule has 5 atom stereocenters. The molecule has 2 aliphatic carbocycles. The predicted molar refractivity (Wildman–Crippen MR) is 144 cm³/mol. The number of rotatable bonds is 12. The minimum atomic E-state index is -3.00. The van der Waals surface area contributed by atoms with Gasteiger partial charge in [-0.25, -0.2) is 0 Å². The first-order chi connectivity index (χ1) is 18.1. The van der Waals surface area contributed by atoms with Gasteiger partial charge in [-0.05, 0) is 107 Å². The fourth-order valence-electron chi connectivity index (χ4n) is 6.54. The van der Waals surface area contributed by atoms with Gasteiger partial charge in [0.25, 0.3) is 0 Å². The second kappa shape index (κ2) is 11.8. The molecule has 0 aromatic heterocycles. The molecular weight excluding hydrogens is 440 g/mol. The molecule has 0 aliphatic heterocycles. The van der Waals surface area contributed by atoms with Crippen molar-refractivity contribution < 1.29 is 27.3 Å². The van der Waals surface area contributed by atoms with Gasteiger partial charge in [0.05, 0.1) is 12.2 Å². The topological polar surface area (TPSA) is 55.8 Å². The number of carbonyl (C=O) groups excluding carboxylic acids is 1. The van der Waals surface area contributed by atoms with E-state index in [4.69, 9.17) is 17.4 Å². The SMILES string of the molecule is [2H]C([2H])([2H])C(O)(CCCC(CCCC(=O)OCC)[C@H]1CC[C@H]2[C@@H](O[Si](C)(C)C(C)(C)C)CCC[C@]12C)C([2H])([2H])[2H]. The molecule has 0 aromatic carbocycles. The van der Waals surface area contributed by atoms with Crippen LogP contribution in [0.5, 0.6) is 0 Å². The number of carbonyl (C=O) groups is 1. The zero-order valence-corrected chi connectivity index (χ0v) is 24.0. The zero-order chi connectivity index (χ0) is 30.8. The Labute approximate surface area is 220 Å². The van der Waals surface area contributed by atoms with Crippen LogP contribution < -0.4 is 0 Å². The summed E-state index contributed by atoms with van der Waals surface area (Å²) in [4.78, 5) is 12.1. The molecule has 0 radical (unpaired) electrons. The Kier molecular flexibility index (Phi) is 7.50. The predicted octanol–water partition coefficient (Wildman–Crippen LogP) is 7.88. The molecule has 200 valence electrons. The molecule has 0 saturated heterocycles. The summed E-state index contributed by atoms with van der Waals surface area (Å²) in [7, 11) is -1.94. The first-order valence-corrected chi connectivity index (χ1v) is 16.6. The van der Waals surface area contributed by atoms with Crippen molar-refractivity contribution in [1.29, 1.82) is 0 Å². The average Bonchev–Trinajstić information content (AvgIpc) is 3.13. The van der Waals surface area contributed by atoms with Gasteiger partial charge in [0, 0.05) is 20.7 Å². The van der Waals surface area contributed by atoms with Gasteiger partial charge in [0.2, 0.25) is 0 Å². The molecular formula is C29H56O4Si. The molecule has 5 heteroatoms. The van der Waals surface area contributed by atoms with Crippen molar-refractivity contribution in [3.05, 3.63) is 0 Å². The third kappa shape index (κ3) is 7.80. The fourth-order valence-corrected chi connectivity index (χ4v) is 7.93. The lowest BCUT2D eigenvalue weighted by Crippen LogP contribution is -2.50. The molecule has 0 amide bonds. The second-order valence-electron chi connectivity index (χ2n) is 12.8. The van der Waals surface area contributed by atoms with E-state index in [0.29, 0.717) is 44.1 Å². The zero-order valence-electron chi connectivity index (χ0n) is 29.0. The highest BCUT2D eigenvalue weighted by Gasteiger charge is 2.54. The second-order valence-corrected chi connectivity index (χ2v) is 17.6.